The summed E-state index contributed by atoms with van der Waals surface area (Å²) in [7, 11) is 0. The molecule has 1 amide bonds. The number of carbonyl (C=O) groups excluding carboxylic acids is 2. The lowest BCUT2D eigenvalue weighted by atomic mass is 10.2. The van der Waals surface area contributed by atoms with Crippen molar-refractivity contribution in [1.82, 2.24) is 0 Å². The molecule has 0 spiro atoms. The summed E-state index contributed by atoms with van der Waals surface area (Å²) in [5, 5.41) is 3.68. The summed E-state index contributed by atoms with van der Waals surface area (Å²) in [6, 6.07) is 12.2. The molecule has 0 aliphatic heterocycles. The second-order valence-electron chi connectivity index (χ2n) is 4.97. The van der Waals surface area contributed by atoms with Crippen LogP contribution in [-0.2, 0) is 14.3 Å². The van der Waals surface area contributed by atoms with Gasteiger partial charge in [-0.2, -0.15) is 0 Å². The van der Waals surface area contributed by atoms with Crippen LogP contribution in [0.4, 0.5) is 5.69 Å². The number of rotatable bonds is 5. The van der Waals surface area contributed by atoms with Crippen LogP contribution in [-0.4, -0.2) is 18.5 Å². The molecule has 0 saturated heterocycles. The van der Waals surface area contributed by atoms with E-state index < -0.39 is 18.5 Å². The molecule has 24 heavy (non-hydrogen) atoms. The van der Waals surface area contributed by atoms with Crippen LogP contribution < -0.4 is 5.32 Å². The van der Waals surface area contributed by atoms with Gasteiger partial charge in [-0.15, -0.1) is 0 Å². The monoisotopic (exact) mass is 363 g/mol. The Hall–Kier alpha value is -2.30. The van der Waals surface area contributed by atoms with Crippen molar-refractivity contribution in [3.63, 3.8) is 0 Å². The summed E-state index contributed by atoms with van der Waals surface area (Å²) in [5.41, 5.74) is 2.13. The molecule has 0 fully saturated rings. The molecule has 2 rings (SSSR count). The number of nitrogens with one attached hydrogen (secondary N) is 1. The fraction of sp³-hybridized carbons (Fsp3) is 0.111. The maximum atomic E-state index is 11.8. The summed E-state index contributed by atoms with van der Waals surface area (Å²) in [4.78, 5) is 23.5. The van der Waals surface area contributed by atoms with Crippen LogP contribution in [0.3, 0.4) is 0 Å². The zero-order chi connectivity index (χ0) is 17.5. The highest BCUT2D eigenvalue weighted by atomic mass is 35.5. The fourth-order valence-electron chi connectivity index (χ4n) is 1.87. The first-order valence-corrected chi connectivity index (χ1v) is 7.86. The maximum Gasteiger partial charge on any atom is 0.331 e. The molecule has 1 N–H and O–H groups in total. The number of anilines is 1. The van der Waals surface area contributed by atoms with Gasteiger partial charge in [0.1, 0.15) is 0 Å². The highest BCUT2D eigenvalue weighted by Gasteiger charge is 2.08. The molecule has 0 radical (unpaired) electrons. The number of carbonyl (C=O) groups is 2. The molecule has 0 unspecified atom stereocenters. The van der Waals surface area contributed by atoms with E-state index in [0.29, 0.717) is 21.3 Å². The van der Waals surface area contributed by atoms with Crippen molar-refractivity contribution in [3.05, 3.63) is 69.7 Å². The van der Waals surface area contributed by atoms with Crippen molar-refractivity contribution in [2.75, 3.05) is 11.9 Å². The fourth-order valence-corrected chi connectivity index (χ4v) is 2.24. The first-order chi connectivity index (χ1) is 11.5. The average molecular weight is 364 g/mol. The number of amides is 1. The van der Waals surface area contributed by atoms with E-state index in [2.05, 4.69) is 5.32 Å². The van der Waals surface area contributed by atoms with Gasteiger partial charge in [0.05, 0.1) is 0 Å². The zero-order valence-electron chi connectivity index (χ0n) is 12.9. The van der Waals surface area contributed by atoms with E-state index in [0.717, 1.165) is 5.56 Å². The molecule has 0 bridgehead atoms. The van der Waals surface area contributed by atoms with Crippen molar-refractivity contribution in [2.45, 2.75) is 6.92 Å². The van der Waals surface area contributed by atoms with Gasteiger partial charge in [-0.1, -0.05) is 47.5 Å². The summed E-state index contributed by atoms with van der Waals surface area (Å²) in [6.07, 6.45) is 2.75. The van der Waals surface area contributed by atoms with E-state index >= 15 is 0 Å². The van der Waals surface area contributed by atoms with E-state index in [9.17, 15) is 9.59 Å². The smallest absolute Gasteiger partial charge is 0.331 e. The van der Waals surface area contributed by atoms with E-state index in [4.69, 9.17) is 27.9 Å². The number of benzene rings is 2. The highest BCUT2D eigenvalue weighted by Crippen LogP contribution is 2.20. The van der Waals surface area contributed by atoms with Gasteiger partial charge in [-0.05, 0) is 42.3 Å². The van der Waals surface area contributed by atoms with Crippen LogP contribution in [0, 0.1) is 6.92 Å². The Bertz CT molecular complexity index is 788. The van der Waals surface area contributed by atoms with Crippen molar-refractivity contribution in [3.8, 4) is 0 Å². The van der Waals surface area contributed by atoms with Crippen LogP contribution in [0.15, 0.2) is 48.5 Å². The summed E-state index contributed by atoms with van der Waals surface area (Å²) >= 11 is 11.9. The number of ether oxygens (including phenoxy) is 1. The molecular weight excluding hydrogens is 349 g/mol. The van der Waals surface area contributed by atoms with Gasteiger partial charge in [0.2, 0.25) is 0 Å². The molecule has 124 valence electrons. The number of halogens is 2. The number of esters is 1. The third-order valence-electron chi connectivity index (χ3n) is 3.12. The molecule has 0 saturated carbocycles. The Morgan fingerprint density at radius 2 is 1.92 bits per heavy atom. The highest BCUT2D eigenvalue weighted by molar-refractivity contribution is 6.32. The molecule has 2 aromatic rings. The van der Waals surface area contributed by atoms with Crippen molar-refractivity contribution in [1.29, 1.82) is 0 Å². The van der Waals surface area contributed by atoms with E-state index in [1.165, 1.54) is 12.2 Å². The van der Waals surface area contributed by atoms with Gasteiger partial charge in [0.15, 0.2) is 6.61 Å². The molecule has 4 nitrogen and oxygen atoms in total. The van der Waals surface area contributed by atoms with Crippen LogP contribution in [0.1, 0.15) is 11.1 Å². The molecule has 6 heteroatoms. The summed E-state index contributed by atoms with van der Waals surface area (Å²) < 4.78 is 4.89. The van der Waals surface area contributed by atoms with Gasteiger partial charge in [0, 0.05) is 21.8 Å². The number of hydrogen-bond acceptors (Lipinski definition) is 3. The van der Waals surface area contributed by atoms with Gasteiger partial charge in [0.25, 0.3) is 5.91 Å². The normalized spacial score (nSPS) is 10.6. The van der Waals surface area contributed by atoms with Gasteiger partial charge in [-0.25, -0.2) is 4.79 Å². The SMILES string of the molecule is Cc1ccc(Cl)cc1NC(=O)COC(=O)/C=C/c1ccccc1Cl. The Labute approximate surface area is 150 Å². The average Bonchev–Trinajstić information content (AvgIpc) is 2.55. The second-order valence-corrected chi connectivity index (χ2v) is 5.81. The van der Waals surface area contributed by atoms with Crippen LogP contribution in [0.5, 0.6) is 0 Å². The third-order valence-corrected chi connectivity index (χ3v) is 3.70. The van der Waals surface area contributed by atoms with Crippen molar-refractivity contribution < 1.29 is 14.3 Å². The minimum Gasteiger partial charge on any atom is -0.452 e. The second kappa shape index (κ2) is 8.52. The van der Waals surface area contributed by atoms with E-state index in [1.807, 2.05) is 6.92 Å². The van der Waals surface area contributed by atoms with Crippen molar-refractivity contribution >= 4 is 46.8 Å². The molecule has 0 atom stereocenters. The Morgan fingerprint density at radius 1 is 1.17 bits per heavy atom. The van der Waals surface area contributed by atoms with Crippen molar-refractivity contribution in [2.24, 2.45) is 0 Å². The van der Waals surface area contributed by atoms with Crippen LogP contribution in [0.25, 0.3) is 6.08 Å². The Kier molecular flexibility index (Phi) is 6.41. The lowest BCUT2D eigenvalue weighted by Gasteiger charge is -2.08. The minimum absolute atomic E-state index is 0.391. The third kappa shape index (κ3) is 5.41. The van der Waals surface area contributed by atoms with Gasteiger partial charge < -0.3 is 10.1 Å². The molecular formula is C18H15Cl2NO3. The Morgan fingerprint density at radius 3 is 2.67 bits per heavy atom. The summed E-state index contributed by atoms with van der Waals surface area (Å²) in [6.45, 7) is 1.45. The Balaban J connectivity index is 1.86. The predicted molar refractivity (Wildman–Crippen MR) is 96.3 cm³/mol. The first kappa shape index (κ1) is 18.0. The van der Waals surface area contributed by atoms with Crippen LogP contribution >= 0.6 is 23.2 Å². The molecule has 0 aliphatic carbocycles. The topological polar surface area (TPSA) is 55.4 Å². The molecule has 0 aromatic heterocycles. The largest absolute Gasteiger partial charge is 0.452 e. The molecule has 2 aromatic carbocycles. The standard InChI is InChI=1S/C18H15Cl2NO3/c1-12-6-8-14(19)10-16(12)21-17(22)11-24-18(23)9-7-13-4-2-3-5-15(13)20/h2-10H,11H2,1H3,(H,21,22)/b9-7+. The number of hydrogen-bond donors (Lipinski definition) is 1. The minimum atomic E-state index is -0.632. The zero-order valence-corrected chi connectivity index (χ0v) is 14.4. The van der Waals surface area contributed by atoms with E-state index in [1.54, 1.807) is 42.5 Å². The summed E-state index contributed by atoms with van der Waals surface area (Å²) in [5.74, 6) is -1.08. The number of aryl methyl sites for hydroxylation is 1. The first-order valence-electron chi connectivity index (χ1n) is 7.11. The van der Waals surface area contributed by atoms with Gasteiger partial charge >= 0.3 is 5.97 Å². The lowest BCUT2D eigenvalue weighted by molar-refractivity contribution is -0.142. The van der Waals surface area contributed by atoms with E-state index in [-0.39, 0.29) is 0 Å². The van der Waals surface area contributed by atoms with Crippen LogP contribution in [0.2, 0.25) is 10.0 Å². The molecule has 0 heterocycles. The maximum absolute atomic E-state index is 11.8. The predicted octanol–water partition coefficient (Wildman–Crippen LogP) is 4.50. The lowest BCUT2D eigenvalue weighted by Crippen LogP contribution is -2.20. The van der Waals surface area contributed by atoms with Gasteiger partial charge in [-0.3, -0.25) is 4.79 Å². The quantitative estimate of drug-likeness (QED) is 0.628. The molecule has 0 aliphatic rings.